The second-order valence-electron chi connectivity index (χ2n) is 12.4. The third-order valence-corrected chi connectivity index (χ3v) is 12.3. The number of oxazole rings is 1. The van der Waals surface area contributed by atoms with Gasteiger partial charge >= 0.3 is 12.1 Å². The van der Waals surface area contributed by atoms with E-state index >= 15 is 0 Å². The topological polar surface area (TPSA) is 154 Å². The average molecular weight is 719 g/mol. The van der Waals surface area contributed by atoms with E-state index < -0.39 is 47.5 Å². The van der Waals surface area contributed by atoms with Crippen LogP contribution >= 0.6 is 7.26 Å². The largest absolute Gasteiger partial charge is 0.724 e. The van der Waals surface area contributed by atoms with Gasteiger partial charge in [0, 0.05) is 12.1 Å². The summed E-state index contributed by atoms with van der Waals surface area (Å²) < 4.78 is 47.8. The van der Waals surface area contributed by atoms with E-state index in [1.165, 1.54) is 33.4 Å². The number of allylic oxidation sites excluding steroid dienone is 1. The summed E-state index contributed by atoms with van der Waals surface area (Å²) in [4.78, 5) is 29.5. The van der Waals surface area contributed by atoms with E-state index in [2.05, 4.69) is 124 Å². The molecule has 262 valence electrons. The number of nitrogens with one attached hydrogen (secondary N) is 1. The van der Waals surface area contributed by atoms with Gasteiger partial charge in [0.05, 0.1) is 24.6 Å². The Kier molecular flexibility index (Phi) is 11.2. The van der Waals surface area contributed by atoms with Crippen molar-refractivity contribution in [1.82, 2.24) is 20.3 Å². The fourth-order valence-electron chi connectivity index (χ4n) is 5.89. The van der Waals surface area contributed by atoms with Gasteiger partial charge in [-0.25, -0.2) is 23.0 Å². The minimum absolute atomic E-state index is 0.0109. The minimum Gasteiger partial charge on any atom is -0.724 e. The quantitative estimate of drug-likeness (QED) is 0.143. The number of carbonyl (C=O) groups is 2. The minimum atomic E-state index is -5.17. The molecule has 14 heteroatoms. The number of benzene rings is 3. The van der Waals surface area contributed by atoms with Gasteiger partial charge in [0.2, 0.25) is 10.4 Å². The Balaban J connectivity index is 0.000000200. The molecule has 2 unspecified atom stereocenters. The number of fused-ring (bicyclic) bond motifs is 2. The summed E-state index contributed by atoms with van der Waals surface area (Å²) in [5, 5.41) is 7.23. The lowest BCUT2D eigenvalue weighted by molar-refractivity contribution is -0.0177. The van der Waals surface area contributed by atoms with Crippen LogP contribution in [-0.4, -0.2) is 70.8 Å². The molecular formula is C36H39N4O8PS. The van der Waals surface area contributed by atoms with Crippen LogP contribution in [0.2, 0.25) is 0 Å². The molecule has 2 aliphatic rings. The predicted octanol–water partition coefficient (Wildman–Crippen LogP) is 4.98. The van der Waals surface area contributed by atoms with Crippen molar-refractivity contribution in [2.45, 2.75) is 45.4 Å². The van der Waals surface area contributed by atoms with Crippen LogP contribution in [0.25, 0.3) is 5.57 Å². The van der Waals surface area contributed by atoms with Crippen LogP contribution in [0.4, 0.5) is 9.59 Å². The number of rotatable bonds is 9. The van der Waals surface area contributed by atoms with Gasteiger partial charge in [0.1, 0.15) is 34.8 Å². The zero-order valence-corrected chi connectivity index (χ0v) is 29.8. The number of urea groups is 1. The molecule has 1 N–H and O–H groups in total. The molecule has 3 heterocycles. The number of hydrogen-bond acceptors (Lipinski definition) is 9. The first-order valence-corrected chi connectivity index (χ1v) is 19.0. The van der Waals surface area contributed by atoms with Crippen molar-refractivity contribution in [3.8, 4) is 0 Å². The molecule has 0 radical (unpaired) electrons. The molecule has 50 heavy (non-hydrogen) atoms. The van der Waals surface area contributed by atoms with E-state index in [1.807, 2.05) is 0 Å². The van der Waals surface area contributed by atoms with E-state index in [1.54, 1.807) is 26.8 Å². The zero-order valence-electron chi connectivity index (χ0n) is 28.1. The SMILES string of the molecule is C/C=C/[P+](c1ccccc1)(c1ccccc1)c1ccccc1.CC(C)(C)OC(=O)NCC1C=C(c2cnco2)C2CN1C(=O)N2OS(=O)(=O)[O-]. The summed E-state index contributed by atoms with van der Waals surface area (Å²) in [6.45, 7) is 7.26. The maximum Gasteiger partial charge on any atom is 0.407 e. The molecule has 6 rings (SSSR count). The van der Waals surface area contributed by atoms with Crippen molar-refractivity contribution in [1.29, 1.82) is 0 Å². The first-order valence-electron chi connectivity index (χ1n) is 15.8. The highest BCUT2D eigenvalue weighted by atomic mass is 32.3. The number of ether oxygens (including phenoxy) is 1. The number of amides is 3. The van der Waals surface area contributed by atoms with E-state index in [0.717, 1.165) is 0 Å². The van der Waals surface area contributed by atoms with E-state index in [4.69, 9.17) is 9.15 Å². The number of hydroxylamine groups is 2. The second kappa shape index (κ2) is 15.4. The Morgan fingerprint density at radius 3 is 1.98 bits per heavy atom. The van der Waals surface area contributed by atoms with E-state index in [-0.39, 0.29) is 18.8 Å². The normalized spacial score (nSPS) is 17.6. The van der Waals surface area contributed by atoms with Crippen molar-refractivity contribution in [2.24, 2.45) is 0 Å². The number of nitrogens with zero attached hydrogens (tertiary/aromatic N) is 3. The third-order valence-electron chi connectivity index (χ3n) is 7.82. The Labute approximate surface area is 292 Å². The molecule has 3 amide bonds. The molecule has 12 nitrogen and oxygen atoms in total. The first kappa shape index (κ1) is 36.5. The van der Waals surface area contributed by atoms with Gasteiger partial charge in [-0.15, -0.1) is 0 Å². The van der Waals surface area contributed by atoms with E-state index in [9.17, 15) is 22.6 Å². The number of alkyl carbamates (subject to hydrolysis) is 1. The first-order chi connectivity index (χ1) is 23.8. The van der Waals surface area contributed by atoms with Gasteiger partial charge in [-0.2, -0.15) is 9.35 Å². The number of aromatic nitrogens is 1. The summed E-state index contributed by atoms with van der Waals surface area (Å²) in [5.41, 5.74) is -0.293. The third kappa shape index (κ3) is 8.48. The van der Waals surface area contributed by atoms with Gasteiger partial charge in [0.25, 0.3) is 0 Å². The van der Waals surface area contributed by atoms with Crippen LogP contribution in [0.3, 0.4) is 0 Å². The standard InChI is InChI=1S/C21H20P.C15H20N4O8S/c1-2-18-22(19-12-6-3-7-13-19,20-14-8-4-9-15-20)21-16-10-5-11-17-21;1-15(2,3)26-13(20)17-5-9-4-10(12-6-16-8-25-12)11-7-18(9)14(21)19(11)27-28(22,23)24/h2-18H,1H3;4,6,8-9,11H,5,7H2,1-3H3,(H,17,20)(H,22,23,24)/q+1;/p-1/b18-2+;. The Hall–Kier alpha value is -4.81. The van der Waals surface area contributed by atoms with Gasteiger partial charge in [-0.1, -0.05) is 66.7 Å². The second-order valence-corrected chi connectivity index (χ2v) is 16.7. The van der Waals surface area contributed by atoms with Gasteiger partial charge in [-0.3, -0.25) is 0 Å². The maximum atomic E-state index is 12.6. The molecule has 1 saturated heterocycles. The van der Waals surface area contributed by atoms with Crippen LogP contribution in [0.5, 0.6) is 0 Å². The monoisotopic (exact) mass is 718 g/mol. The molecule has 0 saturated carbocycles. The van der Waals surface area contributed by atoms with Crippen LogP contribution in [0.15, 0.2) is 126 Å². The van der Waals surface area contributed by atoms with Crippen molar-refractivity contribution >= 4 is 51.3 Å². The fourth-order valence-corrected chi connectivity index (χ4v) is 10.0. The molecular weight excluding hydrogens is 679 g/mol. The zero-order chi connectivity index (χ0) is 35.9. The molecule has 1 aromatic heterocycles. The molecule has 2 atom stereocenters. The van der Waals surface area contributed by atoms with Crippen molar-refractivity contribution < 1.29 is 36.0 Å². The maximum absolute atomic E-state index is 12.6. The van der Waals surface area contributed by atoms with Crippen LogP contribution < -0.4 is 21.2 Å². The number of carbonyl (C=O) groups excluding carboxylic acids is 2. The molecule has 2 aliphatic heterocycles. The van der Waals surface area contributed by atoms with Crippen molar-refractivity contribution in [3.05, 3.63) is 127 Å². The highest BCUT2D eigenvalue weighted by Gasteiger charge is 2.49. The van der Waals surface area contributed by atoms with Gasteiger partial charge in [0.15, 0.2) is 12.2 Å². The van der Waals surface area contributed by atoms with Crippen LogP contribution in [-0.2, 0) is 19.4 Å². The highest BCUT2D eigenvalue weighted by Crippen LogP contribution is 2.56. The summed E-state index contributed by atoms with van der Waals surface area (Å²) in [5.74, 6) is 2.69. The molecule has 2 bridgehead atoms. The Morgan fingerprint density at radius 1 is 1.00 bits per heavy atom. The summed E-state index contributed by atoms with van der Waals surface area (Å²) in [6.07, 6.45) is 5.69. The lowest BCUT2D eigenvalue weighted by Gasteiger charge is -2.29. The van der Waals surface area contributed by atoms with Crippen LogP contribution in [0.1, 0.15) is 33.5 Å². The van der Waals surface area contributed by atoms with E-state index in [0.29, 0.717) is 10.6 Å². The fraction of sp³-hybridized carbons (Fsp3) is 0.250. The lowest BCUT2D eigenvalue weighted by Crippen LogP contribution is -2.46. The summed E-state index contributed by atoms with van der Waals surface area (Å²) in [6, 6.07) is 30.3. The highest BCUT2D eigenvalue weighted by molar-refractivity contribution is 7.98. The average Bonchev–Trinajstić information content (AvgIpc) is 3.72. The van der Waals surface area contributed by atoms with Gasteiger partial charge < -0.3 is 23.9 Å². The molecule has 1 fully saturated rings. The van der Waals surface area contributed by atoms with Gasteiger partial charge in [-0.05, 0) is 64.1 Å². The molecule has 3 aromatic carbocycles. The molecule has 0 spiro atoms. The predicted molar refractivity (Wildman–Crippen MR) is 191 cm³/mol. The smallest absolute Gasteiger partial charge is 0.407 e. The molecule has 4 aromatic rings. The van der Waals surface area contributed by atoms with Crippen LogP contribution in [0, 0.1) is 0 Å². The Bertz CT molecular complexity index is 1820. The van der Waals surface area contributed by atoms with Crippen molar-refractivity contribution in [3.63, 3.8) is 0 Å². The van der Waals surface area contributed by atoms with Crippen molar-refractivity contribution in [2.75, 3.05) is 13.1 Å². The summed E-state index contributed by atoms with van der Waals surface area (Å²) in [7, 11) is -6.90. The summed E-state index contributed by atoms with van der Waals surface area (Å²) >= 11 is 0. The Morgan fingerprint density at radius 2 is 1.54 bits per heavy atom. The molecule has 0 aliphatic carbocycles. The lowest BCUT2D eigenvalue weighted by atomic mass is 9.98. The number of hydrogen-bond donors (Lipinski definition) is 1.